The minimum absolute atomic E-state index is 0. The first kappa shape index (κ1) is 18.0. The van der Waals surface area contributed by atoms with Gasteiger partial charge in [0.1, 0.15) is 0 Å². The highest BCUT2D eigenvalue weighted by molar-refractivity contribution is 6.35. The summed E-state index contributed by atoms with van der Waals surface area (Å²) in [6.45, 7) is 6.15. The van der Waals surface area contributed by atoms with E-state index in [0.717, 1.165) is 0 Å². The fourth-order valence-corrected chi connectivity index (χ4v) is 2.03. The lowest BCUT2D eigenvalue weighted by atomic mass is 9.83. The highest BCUT2D eigenvalue weighted by Gasteiger charge is 2.24. The molecule has 3 N–H and O–H groups in total. The monoisotopic (exact) mass is 311 g/mol. The van der Waals surface area contributed by atoms with E-state index in [1.165, 1.54) is 0 Å². The SMILES string of the molecule is CC(C)(C)[C@H](N)C[C@@H](O)c1ccc(Cl)cc1Cl.Cl. The van der Waals surface area contributed by atoms with E-state index in [1.807, 2.05) is 20.8 Å². The number of hydrogen-bond acceptors (Lipinski definition) is 2. The molecule has 2 nitrogen and oxygen atoms in total. The van der Waals surface area contributed by atoms with E-state index in [-0.39, 0.29) is 23.9 Å². The molecule has 1 aromatic carbocycles. The van der Waals surface area contributed by atoms with E-state index in [4.69, 9.17) is 28.9 Å². The number of rotatable bonds is 3. The molecule has 104 valence electrons. The Kier molecular flexibility index (Phi) is 6.97. The van der Waals surface area contributed by atoms with E-state index >= 15 is 0 Å². The number of aliphatic hydroxyl groups excluding tert-OH is 1. The van der Waals surface area contributed by atoms with Crippen molar-refractivity contribution in [1.82, 2.24) is 0 Å². The highest BCUT2D eigenvalue weighted by atomic mass is 35.5. The molecule has 0 fully saturated rings. The molecule has 0 aromatic heterocycles. The van der Waals surface area contributed by atoms with Crippen LogP contribution in [-0.2, 0) is 0 Å². The molecular weight excluding hydrogens is 293 g/mol. The molecule has 0 unspecified atom stereocenters. The number of halogens is 3. The van der Waals surface area contributed by atoms with Crippen LogP contribution in [0.4, 0.5) is 0 Å². The summed E-state index contributed by atoms with van der Waals surface area (Å²) in [6.07, 6.45) is -0.181. The average molecular weight is 313 g/mol. The summed E-state index contributed by atoms with van der Waals surface area (Å²) in [7, 11) is 0. The van der Waals surface area contributed by atoms with Gasteiger partial charge in [-0.3, -0.25) is 0 Å². The fraction of sp³-hybridized carbons (Fsp3) is 0.538. The third-order valence-corrected chi connectivity index (χ3v) is 3.47. The van der Waals surface area contributed by atoms with Crippen LogP contribution in [0.3, 0.4) is 0 Å². The normalized spacial score (nSPS) is 14.8. The van der Waals surface area contributed by atoms with Crippen LogP contribution in [0.2, 0.25) is 10.0 Å². The molecule has 1 rings (SSSR count). The molecule has 0 spiro atoms. The first-order valence-electron chi connectivity index (χ1n) is 5.60. The molecule has 0 saturated heterocycles. The van der Waals surface area contributed by atoms with Crippen molar-refractivity contribution in [3.05, 3.63) is 33.8 Å². The van der Waals surface area contributed by atoms with Gasteiger partial charge >= 0.3 is 0 Å². The zero-order valence-electron chi connectivity index (χ0n) is 10.8. The van der Waals surface area contributed by atoms with Crippen molar-refractivity contribution < 1.29 is 5.11 Å². The molecule has 0 saturated carbocycles. The summed E-state index contributed by atoms with van der Waals surface area (Å²) in [5.74, 6) is 0. The van der Waals surface area contributed by atoms with Crippen LogP contribution in [0, 0.1) is 5.41 Å². The number of hydrogen-bond donors (Lipinski definition) is 2. The Morgan fingerprint density at radius 3 is 2.28 bits per heavy atom. The van der Waals surface area contributed by atoms with E-state index in [1.54, 1.807) is 18.2 Å². The van der Waals surface area contributed by atoms with Crippen LogP contribution in [0.25, 0.3) is 0 Å². The maximum atomic E-state index is 10.1. The topological polar surface area (TPSA) is 46.2 Å². The Morgan fingerprint density at radius 1 is 1.28 bits per heavy atom. The lowest BCUT2D eigenvalue weighted by molar-refractivity contribution is 0.133. The Labute approximate surface area is 125 Å². The van der Waals surface area contributed by atoms with E-state index < -0.39 is 6.10 Å². The third-order valence-electron chi connectivity index (χ3n) is 2.91. The van der Waals surface area contributed by atoms with Gasteiger partial charge in [0, 0.05) is 16.1 Å². The molecule has 5 heteroatoms. The summed E-state index contributed by atoms with van der Waals surface area (Å²) in [5, 5.41) is 11.2. The second-order valence-corrected chi connectivity index (χ2v) is 6.23. The predicted octanol–water partition coefficient (Wildman–Crippen LogP) is 4.21. The standard InChI is InChI=1S/C13H19Cl2NO.ClH/c1-13(2,3)12(16)7-11(17)9-5-4-8(14)6-10(9)15;/h4-6,11-12,17H,7,16H2,1-3H3;1H/t11-,12-;/m1./s1. The van der Waals surface area contributed by atoms with Crippen LogP contribution >= 0.6 is 35.6 Å². The average Bonchev–Trinajstić information content (AvgIpc) is 2.15. The van der Waals surface area contributed by atoms with Crippen molar-refractivity contribution in [2.45, 2.75) is 39.3 Å². The Bertz CT molecular complexity index is 390. The van der Waals surface area contributed by atoms with Crippen LogP contribution in [0.15, 0.2) is 18.2 Å². The zero-order chi connectivity index (χ0) is 13.2. The minimum Gasteiger partial charge on any atom is -0.388 e. The Balaban J connectivity index is 0.00000289. The quantitative estimate of drug-likeness (QED) is 0.878. The molecule has 1 aromatic rings. The smallest absolute Gasteiger partial charge is 0.0819 e. The molecule has 18 heavy (non-hydrogen) atoms. The second-order valence-electron chi connectivity index (χ2n) is 5.39. The maximum Gasteiger partial charge on any atom is 0.0819 e. The molecule has 0 radical (unpaired) electrons. The first-order valence-corrected chi connectivity index (χ1v) is 6.36. The summed E-state index contributed by atoms with van der Waals surface area (Å²) in [5.41, 5.74) is 6.67. The predicted molar refractivity (Wildman–Crippen MR) is 80.7 cm³/mol. The van der Waals surface area contributed by atoms with Gasteiger partial charge in [-0.2, -0.15) is 0 Å². The maximum absolute atomic E-state index is 10.1. The van der Waals surface area contributed by atoms with Gasteiger partial charge in [-0.1, -0.05) is 50.0 Å². The summed E-state index contributed by atoms with van der Waals surface area (Å²) in [6, 6.07) is 4.99. The van der Waals surface area contributed by atoms with Crippen LogP contribution in [-0.4, -0.2) is 11.1 Å². The molecule has 2 atom stereocenters. The molecular formula is C13H20Cl3NO. The molecule has 0 heterocycles. The second kappa shape index (κ2) is 6.97. The van der Waals surface area contributed by atoms with Crippen molar-refractivity contribution in [1.29, 1.82) is 0 Å². The Morgan fingerprint density at radius 2 is 1.83 bits per heavy atom. The van der Waals surface area contributed by atoms with E-state index in [9.17, 15) is 5.11 Å². The van der Waals surface area contributed by atoms with Crippen LogP contribution in [0.5, 0.6) is 0 Å². The summed E-state index contributed by atoms with van der Waals surface area (Å²) >= 11 is 11.8. The van der Waals surface area contributed by atoms with Gasteiger partial charge in [-0.05, 0) is 29.5 Å². The third kappa shape index (κ3) is 4.94. The molecule has 0 aliphatic heterocycles. The van der Waals surface area contributed by atoms with Crippen LogP contribution in [0.1, 0.15) is 38.9 Å². The van der Waals surface area contributed by atoms with Crippen molar-refractivity contribution in [3.8, 4) is 0 Å². The highest BCUT2D eigenvalue weighted by Crippen LogP contribution is 2.31. The van der Waals surface area contributed by atoms with Gasteiger partial charge in [0.15, 0.2) is 0 Å². The van der Waals surface area contributed by atoms with Crippen molar-refractivity contribution in [2.24, 2.45) is 11.1 Å². The summed E-state index contributed by atoms with van der Waals surface area (Å²) in [4.78, 5) is 0. The minimum atomic E-state index is -0.658. The van der Waals surface area contributed by atoms with E-state index in [2.05, 4.69) is 0 Å². The van der Waals surface area contributed by atoms with Gasteiger partial charge in [0.05, 0.1) is 6.10 Å². The molecule has 0 amide bonds. The van der Waals surface area contributed by atoms with Gasteiger partial charge in [0.2, 0.25) is 0 Å². The van der Waals surface area contributed by atoms with Gasteiger partial charge in [-0.25, -0.2) is 0 Å². The first-order chi connectivity index (χ1) is 7.71. The van der Waals surface area contributed by atoms with Crippen molar-refractivity contribution in [3.63, 3.8) is 0 Å². The van der Waals surface area contributed by atoms with E-state index in [0.29, 0.717) is 22.0 Å². The van der Waals surface area contributed by atoms with Gasteiger partial charge in [-0.15, -0.1) is 12.4 Å². The fourth-order valence-electron chi connectivity index (χ4n) is 1.49. The zero-order valence-corrected chi connectivity index (χ0v) is 13.1. The van der Waals surface area contributed by atoms with Crippen LogP contribution < -0.4 is 5.73 Å². The van der Waals surface area contributed by atoms with Crippen molar-refractivity contribution >= 4 is 35.6 Å². The molecule has 0 aliphatic rings. The number of nitrogens with two attached hydrogens (primary N) is 1. The Hall–Kier alpha value is 0.01000. The van der Waals surface area contributed by atoms with Crippen molar-refractivity contribution in [2.75, 3.05) is 0 Å². The lowest BCUT2D eigenvalue weighted by Gasteiger charge is -2.29. The van der Waals surface area contributed by atoms with Gasteiger partial charge < -0.3 is 10.8 Å². The largest absolute Gasteiger partial charge is 0.388 e. The number of benzene rings is 1. The molecule has 0 bridgehead atoms. The molecule has 0 aliphatic carbocycles. The summed E-state index contributed by atoms with van der Waals surface area (Å²) < 4.78 is 0. The van der Waals surface area contributed by atoms with Gasteiger partial charge in [0.25, 0.3) is 0 Å². The number of aliphatic hydroxyl groups is 1. The lowest BCUT2D eigenvalue weighted by Crippen LogP contribution is -2.36.